The number of amides is 1. The average molecular weight is 419 g/mol. The minimum absolute atomic E-state index is 0.105. The third-order valence-corrected chi connectivity index (χ3v) is 8.87. The van der Waals surface area contributed by atoms with Gasteiger partial charge in [0.05, 0.1) is 8.66 Å². The first-order chi connectivity index (χ1) is 9.63. The molecule has 0 radical (unpaired) electrons. The van der Waals surface area contributed by atoms with Gasteiger partial charge in [0.2, 0.25) is 0 Å². The number of thiophene rings is 1. The molecule has 0 aliphatic heterocycles. The summed E-state index contributed by atoms with van der Waals surface area (Å²) < 4.78 is 1.96. The molecule has 0 aromatic carbocycles. The van der Waals surface area contributed by atoms with Crippen molar-refractivity contribution in [3.05, 3.63) is 19.2 Å². The first-order valence-corrected chi connectivity index (χ1v) is 9.79. The van der Waals surface area contributed by atoms with E-state index in [0.29, 0.717) is 6.04 Å². The lowest BCUT2D eigenvalue weighted by Gasteiger charge is -2.31. The van der Waals surface area contributed by atoms with Gasteiger partial charge in [0, 0.05) is 10.5 Å². The topological polar surface area (TPSA) is 29.1 Å². The van der Waals surface area contributed by atoms with E-state index in [9.17, 15) is 4.79 Å². The molecule has 3 fully saturated rings. The van der Waals surface area contributed by atoms with Crippen molar-refractivity contribution < 1.29 is 4.79 Å². The van der Waals surface area contributed by atoms with E-state index in [-0.39, 0.29) is 5.91 Å². The Morgan fingerprint density at radius 3 is 2.75 bits per heavy atom. The molecule has 2 nitrogen and oxygen atoms in total. The lowest BCUT2D eigenvalue weighted by atomic mass is 9.79. The van der Waals surface area contributed by atoms with E-state index in [1.807, 2.05) is 6.07 Å². The minimum Gasteiger partial charge on any atom is -0.348 e. The molecule has 1 heterocycles. The van der Waals surface area contributed by atoms with Crippen LogP contribution in [-0.2, 0) is 0 Å². The molecule has 3 aliphatic rings. The van der Waals surface area contributed by atoms with E-state index >= 15 is 0 Å². The zero-order valence-electron chi connectivity index (χ0n) is 11.1. The summed E-state index contributed by atoms with van der Waals surface area (Å²) in [6, 6.07) is 2.34. The number of nitrogens with one attached hydrogen (secondary N) is 1. The first-order valence-electron chi connectivity index (χ1n) is 7.39. The molecule has 3 aliphatic carbocycles. The van der Waals surface area contributed by atoms with Crippen LogP contribution in [0.1, 0.15) is 41.8 Å². The van der Waals surface area contributed by atoms with E-state index in [2.05, 4.69) is 37.2 Å². The van der Waals surface area contributed by atoms with E-state index in [4.69, 9.17) is 0 Å². The molecule has 5 unspecified atom stereocenters. The van der Waals surface area contributed by atoms with Crippen LogP contribution in [0.5, 0.6) is 0 Å². The van der Waals surface area contributed by atoms with Gasteiger partial charge in [-0.3, -0.25) is 4.79 Å². The maximum absolute atomic E-state index is 12.4. The average Bonchev–Trinajstić information content (AvgIpc) is 3.12. The largest absolute Gasteiger partial charge is 0.348 e. The molecule has 1 aromatic heterocycles. The van der Waals surface area contributed by atoms with E-state index in [1.165, 1.54) is 43.4 Å². The zero-order chi connectivity index (χ0) is 13.9. The molecule has 0 spiro atoms. The number of carbonyl (C=O) groups is 1. The fourth-order valence-corrected chi connectivity index (χ4v) is 6.87. The van der Waals surface area contributed by atoms with Crippen molar-refractivity contribution in [1.29, 1.82) is 0 Å². The Morgan fingerprint density at radius 1 is 1.20 bits per heavy atom. The fourth-order valence-electron chi connectivity index (χ4n) is 4.93. The zero-order valence-corrected chi connectivity index (χ0v) is 15.1. The number of carbonyl (C=O) groups excluding carboxylic acids is 1. The van der Waals surface area contributed by atoms with Gasteiger partial charge in [-0.1, -0.05) is 6.42 Å². The summed E-state index contributed by atoms with van der Waals surface area (Å²) in [5, 5.41) is 3.31. The van der Waals surface area contributed by atoms with Gasteiger partial charge in [-0.25, -0.2) is 0 Å². The Labute approximate surface area is 140 Å². The molecule has 1 amide bonds. The Bertz CT molecular complexity index is 539. The van der Waals surface area contributed by atoms with Crippen molar-refractivity contribution in [3.63, 3.8) is 0 Å². The molecule has 108 valence electrons. The summed E-state index contributed by atoms with van der Waals surface area (Å²) in [4.78, 5) is 13.2. The second kappa shape index (κ2) is 5.10. The second-order valence-electron chi connectivity index (χ2n) is 6.47. The van der Waals surface area contributed by atoms with Crippen LogP contribution in [0.25, 0.3) is 0 Å². The summed E-state index contributed by atoms with van der Waals surface area (Å²) in [5.41, 5.74) is 0. The molecule has 1 aromatic rings. The maximum atomic E-state index is 12.4. The van der Waals surface area contributed by atoms with Crippen molar-refractivity contribution in [3.8, 4) is 0 Å². The summed E-state index contributed by atoms with van der Waals surface area (Å²) in [6.07, 6.45) is 6.82. The van der Waals surface area contributed by atoms with Crippen molar-refractivity contribution in [2.24, 2.45) is 23.7 Å². The van der Waals surface area contributed by atoms with E-state index in [0.717, 1.165) is 36.8 Å². The van der Waals surface area contributed by atoms with Crippen LogP contribution in [0.4, 0.5) is 0 Å². The third kappa shape index (κ3) is 2.12. The minimum atomic E-state index is 0.105. The van der Waals surface area contributed by atoms with Crippen LogP contribution in [0.3, 0.4) is 0 Å². The molecular formula is C15H17Br2NOS. The number of hydrogen-bond acceptors (Lipinski definition) is 2. The van der Waals surface area contributed by atoms with Crippen LogP contribution in [0, 0.1) is 23.7 Å². The standard InChI is InChI=1S/C15H17Br2NOS/c16-11-6-13(20-14(11)17)15(19)18-12-5-7-4-10(12)9-3-1-2-8(7)9/h6-10,12H,1-5H2,(H,18,19). The van der Waals surface area contributed by atoms with E-state index in [1.54, 1.807) is 0 Å². The van der Waals surface area contributed by atoms with Gasteiger partial charge < -0.3 is 5.32 Å². The molecule has 20 heavy (non-hydrogen) atoms. The SMILES string of the molecule is O=C(NC1CC2CC1C1CCCC21)c1cc(Br)c(Br)s1. The Balaban J connectivity index is 1.46. The summed E-state index contributed by atoms with van der Waals surface area (Å²) >= 11 is 8.41. The lowest BCUT2D eigenvalue weighted by Crippen LogP contribution is -2.42. The second-order valence-corrected chi connectivity index (χ2v) is 9.69. The number of fused-ring (bicyclic) bond motifs is 5. The van der Waals surface area contributed by atoms with Crippen molar-refractivity contribution in [1.82, 2.24) is 5.32 Å². The predicted molar refractivity (Wildman–Crippen MR) is 88.0 cm³/mol. The molecule has 5 atom stereocenters. The smallest absolute Gasteiger partial charge is 0.261 e. The highest BCUT2D eigenvalue weighted by atomic mass is 79.9. The maximum Gasteiger partial charge on any atom is 0.261 e. The monoisotopic (exact) mass is 417 g/mol. The molecule has 2 bridgehead atoms. The number of hydrogen-bond donors (Lipinski definition) is 1. The van der Waals surface area contributed by atoms with E-state index < -0.39 is 0 Å². The number of halogens is 2. The van der Waals surface area contributed by atoms with Gasteiger partial charge in [0.15, 0.2) is 0 Å². The quantitative estimate of drug-likeness (QED) is 0.732. The lowest BCUT2D eigenvalue weighted by molar-refractivity contribution is 0.0905. The molecule has 4 rings (SSSR count). The molecule has 1 N–H and O–H groups in total. The predicted octanol–water partition coefficient (Wildman–Crippen LogP) is 4.83. The fraction of sp³-hybridized carbons (Fsp3) is 0.667. The normalized spacial score (nSPS) is 38.2. The Morgan fingerprint density at radius 2 is 2.00 bits per heavy atom. The third-order valence-electron chi connectivity index (χ3n) is 5.61. The van der Waals surface area contributed by atoms with Gasteiger partial charge in [-0.05, 0) is 87.3 Å². The highest BCUT2D eigenvalue weighted by molar-refractivity contribution is 9.13. The van der Waals surface area contributed by atoms with Crippen molar-refractivity contribution in [2.75, 3.05) is 0 Å². The highest BCUT2D eigenvalue weighted by Gasteiger charge is 2.54. The highest BCUT2D eigenvalue weighted by Crippen LogP contribution is 2.58. The van der Waals surface area contributed by atoms with Crippen LogP contribution >= 0.6 is 43.2 Å². The summed E-state index contributed by atoms with van der Waals surface area (Å²) in [5.74, 6) is 3.63. The van der Waals surface area contributed by atoms with Gasteiger partial charge >= 0.3 is 0 Å². The first kappa shape index (κ1) is 13.8. The van der Waals surface area contributed by atoms with Crippen molar-refractivity contribution in [2.45, 2.75) is 38.1 Å². The van der Waals surface area contributed by atoms with Crippen LogP contribution in [-0.4, -0.2) is 11.9 Å². The summed E-state index contributed by atoms with van der Waals surface area (Å²) in [7, 11) is 0. The Kier molecular flexibility index (Phi) is 3.51. The van der Waals surface area contributed by atoms with Crippen molar-refractivity contribution >= 4 is 49.1 Å². The van der Waals surface area contributed by atoms with Crippen LogP contribution in [0.15, 0.2) is 14.3 Å². The molecule has 5 heteroatoms. The van der Waals surface area contributed by atoms with Crippen LogP contribution < -0.4 is 5.32 Å². The van der Waals surface area contributed by atoms with Gasteiger partial charge in [0.1, 0.15) is 0 Å². The van der Waals surface area contributed by atoms with Gasteiger partial charge in [0.25, 0.3) is 5.91 Å². The Hall–Kier alpha value is 0.130. The molecule has 0 saturated heterocycles. The van der Waals surface area contributed by atoms with Gasteiger partial charge in [-0.2, -0.15) is 0 Å². The molecule has 3 saturated carbocycles. The van der Waals surface area contributed by atoms with Crippen LogP contribution in [0.2, 0.25) is 0 Å². The summed E-state index contributed by atoms with van der Waals surface area (Å²) in [6.45, 7) is 0. The number of rotatable bonds is 2. The molecular weight excluding hydrogens is 402 g/mol. The van der Waals surface area contributed by atoms with Gasteiger partial charge in [-0.15, -0.1) is 11.3 Å².